The summed E-state index contributed by atoms with van der Waals surface area (Å²) >= 11 is 0. The summed E-state index contributed by atoms with van der Waals surface area (Å²) in [5.74, 6) is 0.271. The monoisotopic (exact) mass is 373 g/mol. The van der Waals surface area contributed by atoms with E-state index in [0.29, 0.717) is 26.3 Å². The first-order valence-corrected chi connectivity index (χ1v) is 10.1. The Morgan fingerprint density at radius 1 is 1.15 bits per heavy atom. The quantitative estimate of drug-likeness (QED) is 0.833. The summed E-state index contributed by atoms with van der Waals surface area (Å²) in [6, 6.07) is 7.99. The minimum atomic E-state index is -0.0115. The lowest BCUT2D eigenvalue weighted by atomic mass is 9.89. The van der Waals surface area contributed by atoms with Crippen molar-refractivity contribution in [1.82, 2.24) is 5.32 Å². The maximum absolute atomic E-state index is 12.4. The highest BCUT2D eigenvalue weighted by Gasteiger charge is 2.23. The van der Waals surface area contributed by atoms with Crippen molar-refractivity contribution >= 4 is 23.2 Å². The number of hydrogen-bond acceptors (Lipinski definition) is 4. The van der Waals surface area contributed by atoms with Crippen LogP contribution in [0.15, 0.2) is 24.3 Å². The summed E-state index contributed by atoms with van der Waals surface area (Å²) in [6.07, 6.45) is 5.50. The number of para-hydroxylation sites is 2. The molecule has 1 aliphatic heterocycles. The second kappa shape index (κ2) is 9.74. The van der Waals surface area contributed by atoms with Gasteiger partial charge in [0.05, 0.1) is 24.6 Å². The predicted molar refractivity (Wildman–Crippen MR) is 107 cm³/mol. The van der Waals surface area contributed by atoms with Gasteiger partial charge in [-0.3, -0.25) is 9.59 Å². The molecule has 0 spiro atoms. The van der Waals surface area contributed by atoms with Gasteiger partial charge in [-0.1, -0.05) is 31.4 Å². The number of carbonyl (C=O) groups excluding carboxylic acids is 2. The SMILES string of the molecule is CC(=O)N(CCNC(=O)C1CCCCC1)c1ccccc1N1CCOCC1. The molecule has 1 aliphatic carbocycles. The second-order valence-corrected chi connectivity index (χ2v) is 7.38. The number of amides is 2. The minimum absolute atomic E-state index is 0.0115. The fourth-order valence-corrected chi connectivity index (χ4v) is 4.01. The van der Waals surface area contributed by atoms with Gasteiger partial charge in [0.2, 0.25) is 11.8 Å². The molecule has 6 heteroatoms. The lowest BCUT2D eigenvalue weighted by molar-refractivity contribution is -0.126. The van der Waals surface area contributed by atoms with Crippen molar-refractivity contribution in [1.29, 1.82) is 0 Å². The molecule has 1 saturated heterocycles. The molecule has 2 aliphatic rings. The number of carbonyl (C=O) groups is 2. The number of rotatable bonds is 6. The number of benzene rings is 1. The maximum Gasteiger partial charge on any atom is 0.223 e. The molecule has 148 valence electrons. The highest BCUT2D eigenvalue weighted by Crippen LogP contribution is 2.30. The molecule has 3 rings (SSSR count). The third kappa shape index (κ3) is 5.22. The lowest BCUT2D eigenvalue weighted by Crippen LogP contribution is -2.41. The molecule has 1 heterocycles. The Morgan fingerprint density at radius 3 is 2.56 bits per heavy atom. The fraction of sp³-hybridized carbons (Fsp3) is 0.619. The van der Waals surface area contributed by atoms with Gasteiger partial charge in [-0.2, -0.15) is 0 Å². The van der Waals surface area contributed by atoms with Crippen LogP contribution < -0.4 is 15.1 Å². The Hall–Kier alpha value is -2.08. The van der Waals surface area contributed by atoms with Crippen molar-refractivity contribution in [2.45, 2.75) is 39.0 Å². The maximum atomic E-state index is 12.4. The molecule has 0 aromatic heterocycles. The fourth-order valence-electron chi connectivity index (χ4n) is 4.01. The zero-order valence-corrected chi connectivity index (χ0v) is 16.3. The van der Waals surface area contributed by atoms with Gasteiger partial charge in [0.15, 0.2) is 0 Å². The Labute approximate surface area is 161 Å². The first kappa shape index (κ1) is 19.7. The van der Waals surface area contributed by atoms with Gasteiger partial charge < -0.3 is 19.9 Å². The van der Waals surface area contributed by atoms with Crippen molar-refractivity contribution in [2.24, 2.45) is 5.92 Å². The molecular weight excluding hydrogens is 342 g/mol. The van der Waals surface area contributed by atoms with Crippen LogP contribution in [0.2, 0.25) is 0 Å². The molecule has 0 atom stereocenters. The van der Waals surface area contributed by atoms with Gasteiger partial charge in [-0.25, -0.2) is 0 Å². The van der Waals surface area contributed by atoms with E-state index >= 15 is 0 Å². The third-order valence-corrected chi connectivity index (χ3v) is 5.52. The molecule has 1 aromatic rings. The van der Waals surface area contributed by atoms with Gasteiger partial charge in [-0.05, 0) is 25.0 Å². The zero-order valence-electron chi connectivity index (χ0n) is 16.3. The van der Waals surface area contributed by atoms with Crippen LogP contribution in [0.3, 0.4) is 0 Å². The Balaban J connectivity index is 1.63. The summed E-state index contributed by atoms with van der Waals surface area (Å²) in [5, 5.41) is 3.04. The standard InChI is InChI=1S/C21H31N3O3/c1-17(25)24(12-11-22-21(26)18-7-3-2-4-8-18)20-10-6-5-9-19(20)23-13-15-27-16-14-23/h5-6,9-10,18H,2-4,7-8,11-16H2,1H3,(H,22,26). The van der Waals surface area contributed by atoms with Crippen LogP contribution >= 0.6 is 0 Å². The Kier molecular flexibility index (Phi) is 7.10. The molecule has 0 bridgehead atoms. The van der Waals surface area contributed by atoms with E-state index in [-0.39, 0.29) is 17.7 Å². The van der Waals surface area contributed by atoms with Crippen molar-refractivity contribution < 1.29 is 14.3 Å². The average Bonchev–Trinajstić information content (AvgIpc) is 2.72. The number of anilines is 2. The molecule has 2 fully saturated rings. The van der Waals surface area contributed by atoms with E-state index in [1.165, 1.54) is 6.42 Å². The van der Waals surface area contributed by atoms with Crippen LogP contribution in [0, 0.1) is 5.92 Å². The van der Waals surface area contributed by atoms with E-state index < -0.39 is 0 Å². The molecule has 1 aromatic carbocycles. The van der Waals surface area contributed by atoms with Crippen molar-refractivity contribution in [2.75, 3.05) is 49.2 Å². The van der Waals surface area contributed by atoms with E-state index in [1.807, 2.05) is 18.2 Å². The first-order valence-electron chi connectivity index (χ1n) is 10.1. The second-order valence-electron chi connectivity index (χ2n) is 7.38. The molecule has 0 unspecified atom stereocenters. The summed E-state index contributed by atoms with van der Waals surface area (Å²) in [7, 11) is 0. The third-order valence-electron chi connectivity index (χ3n) is 5.52. The summed E-state index contributed by atoms with van der Waals surface area (Å²) in [5.41, 5.74) is 1.95. The number of ether oxygens (including phenoxy) is 1. The first-order chi connectivity index (χ1) is 13.2. The minimum Gasteiger partial charge on any atom is -0.378 e. The zero-order chi connectivity index (χ0) is 19.1. The van der Waals surface area contributed by atoms with Crippen molar-refractivity contribution in [3.8, 4) is 0 Å². The largest absolute Gasteiger partial charge is 0.378 e. The summed E-state index contributed by atoms with van der Waals surface area (Å²) in [6.45, 7) is 5.58. The number of nitrogens with zero attached hydrogens (tertiary/aromatic N) is 2. The van der Waals surface area contributed by atoms with E-state index in [2.05, 4.69) is 16.3 Å². The van der Waals surface area contributed by atoms with Crippen molar-refractivity contribution in [3.05, 3.63) is 24.3 Å². The van der Waals surface area contributed by atoms with Gasteiger partial charge >= 0.3 is 0 Å². The molecule has 2 amide bonds. The molecule has 27 heavy (non-hydrogen) atoms. The number of hydrogen-bond donors (Lipinski definition) is 1. The molecular formula is C21H31N3O3. The summed E-state index contributed by atoms with van der Waals surface area (Å²) in [4.78, 5) is 28.7. The van der Waals surface area contributed by atoms with Gasteiger partial charge in [0, 0.05) is 39.0 Å². The van der Waals surface area contributed by atoms with Crippen LogP contribution in [0.25, 0.3) is 0 Å². The number of nitrogens with one attached hydrogen (secondary N) is 1. The Bertz CT molecular complexity index is 637. The van der Waals surface area contributed by atoms with E-state index in [4.69, 9.17) is 4.74 Å². The van der Waals surface area contributed by atoms with E-state index in [0.717, 1.165) is 50.1 Å². The summed E-state index contributed by atoms with van der Waals surface area (Å²) < 4.78 is 5.45. The topological polar surface area (TPSA) is 61.9 Å². The molecule has 6 nitrogen and oxygen atoms in total. The average molecular weight is 373 g/mol. The van der Waals surface area contributed by atoms with Crippen LogP contribution in [-0.2, 0) is 14.3 Å². The highest BCUT2D eigenvalue weighted by molar-refractivity contribution is 5.95. The predicted octanol–water partition coefficient (Wildman–Crippen LogP) is 2.57. The van der Waals surface area contributed by atoms with Crippen LogP contribution in [-0.4, -0.2) is 51.2 Å². The van der Waals surface area contributed by atoms with Crippen molar-refractivity contribution in [3.63, 3.8) is 0 Å². The van der Waals surface area contributed by atoms with Crippen LogP contribution in [0.5, 0.6) is 0 Å². The Morgan fingerprint density at radius 2 is 1.85 bits per heavy atom. The normalized spacial score (nSPS) is 18.2. The van der Waals surface area contributed by atoms with Crippen LogP contribution in [0.1, 0.15) is 39.0 Å². The molecule has 1 N–H and O–H groups in total. The van der Waals surface area contributed by atoms with E-state index in [1.54, 1.807) is 11.8 Å². The number of morpholine rings is 1. The van der Waals surface area contributed by atoms with E-state index in [9.17, 15) is 9.59 Å². The smallest absolute Gasteiger partial charge is 0.223 e. The van der Waals surface area contributed by atoms with Gasteiger partial charge in [-0.15, -0.1) is 0 Å². The van der Waals surface area contributed by atoms with Gasteiger partial charge in [0.25, 0.3) is 0 Å². The highest BCUT2D eigenvalue weighted by atomic mass is 16.5. The molecule has 0 radical (unpaired) electrons. The van der Waals surface area contributed by atoms with Gasteiger partial charge in [0.1, 0.15) is 0 Å². The molecule has 1 saturated carbocycles. The lowest BCUT2D eigenvalue weighted by Gasteiger charge is -2.33. The van der Waals surface area contributed by atoms with Crippen LogP contribution in [0.4, 0.5) is 11.4 Å².